The molecular formula is C32H33ClN4O6S. The molecular weight excluding hydrogens is 604 g/mol. The van der Waals surface area contributed by atoms with Crippen LogP contribution in [0.2, 0.25) is 5.02 Å². The second kappa shape index (κ2) is 15.7. The summed E-state index contributed by atoms with van der Waals surface area (Å²) in [6.45, 7) is 6.04. The van der Waals surface area contributed by atoms with E-state index in [9.17, 15) is 9.59 Å². The number of amides is 1. The number of hydrazone groups is 1. The van der Waals surface area contributed by atoms with Gasteiger partial charge >= 0.3 is 5.97 Å². The first-order valence-corrected chi connectivity index (χ1v) is 14.7. The number of ether oxygens (including phenoxy) is 4. The van der Waals surface area contributed by atoms with E-state index in [1.165, 1.54) is 6.21 Å². The molecule has 1 heterocycles. The molecule has 3 aromatic rings. The first-order chi connectivity index (χ1) is 21.3. The zero-order valence-corrected chi connectivity index (χ0v) is 26.1. The maximum Gasteiger partial charge on any atom is 0.338 e. The molecule has 0 aliphatic carbocycles. The Bertz CT molecular complexity index is 1580. The van der Waals surface area contributed by atoms with Crippen molar-refractivity contribution in [2.75, 3.05) is 19.8 Å². The summed E-state index contributed by atoms with van der Waals surface area (Å²) in [5, 5.41) is 11.1. The molecule has 0 radical (unpaired) electrons. The van der Waals surface area contributed by atoms with Crippen LogP contribution in [0.3, 0.4) is 0 Å². The number of halogens is 1. The highest BCUT2D eigenvalue weighted by Gasteiger charge is 2.32. The largest absolute Gasteiger partial charge is 0.490 e. The van der Waals surface area contributed by atoms with E-state index in [0.717, 1.165) is 5.56 Å². The minimum absolute atomic E-state index is 0.223. The van der Waals surface area contributed by atoms with Gasteiger partial charge in [-0.05, 0) is 80.5 Å². The lowest BCUT2D eigenvalue weighted by atomic mass is 9.95. The predicted octanol–water partition coefficient (Wildman–Crippen LogP) is 5.20. The van der Waals surface area contributed by atoms with Crippen molar-refractivity contribution in [1.29, 1.82) is 0 Å². The number of benzene rings is 3. The van der Waals surface area contributed by atoms with E-state index in [1.54, 1.807) is 56.3 Å². The van der Waals surface area contributed by atoms with Gasteiger partial charge in [-0.15, -0.1) is 0 Å². The molecule has 1 aliphatic rings. The summed E-state index contributed by atoms with van der Waals surface area (Å²) >= 11 is 11.4. The number of allylic oxidation sites excluding steroid dienone is 1. The summed E-state index contributed by atoms with van der Waals surface area (Å²) < 4.78 is 22.8. The number of hydrogen-bond acceptors (Lipinski definition) is 8. The summed E-state index contributed by atoms with van der Waals surface area (Å²) in [6.07, 6.45) is 1.49. The SMILES string of the molecule is CCOC(=O)C1=C(C)NC(=S)N[C@H]1c1ccccc1OCC(=O)NN=Cc1ccc(OCc2cccc(Cl)c2)c(OCC)c1. The molecule has 0 bridgehead atoms. The standard InChI is InChI=1S/C32H33ClN4O6S/c1-4-40-27-16-21(13-14-26(27)42-18-22-9-8-10-23(33)15-22)17-34-37-28(38)19-43-25-12-7-6-11-24(25)30-29(31(39)41-5-2)20(3)35-32(44)36-30/h6-17,30H,4-5,18-19H2,1-3H3,(H,37,38)(H2,35,36,44)/t30-/m0/s1. The Morgan fingerprint density at radius 3 is 2.57 bits per heavy atom. The quantitative estimate of drug-likeness (QED) is 0.101. The molecule has 44 heavy (non-hydrogen) atoms. The Balaban J connectivity index is 1.38. The molecule has 0 aromatic heterocycles. The molecule has 12 heteroatoms. The van der Waals surface area contributed by atoms with Crippen molar-refractivity contribution in [2.45, 2.75) is 33.4 Å². The molecule has 10 nitrogen and oxygen atoms in total. The summed E-state index contributed by atoms with van der Waals surface area (Å²) in [4.78, 5) is 25.3. The number of nitrogens with zero attached hydrogens (tertiary/aromatic N) is 1. The van der Waals surface area contributed by atoms with Crippen LogP contribution in [-0.2, 0) is 20.9 Å². The van der Waals surface area contributed by atoms with Crippen LogP contribution in [0.25, 0.3) is 0 Å². The number of nitrogens with one attached hydrogen (secondary N) is 3. The van der Waals surface area contributed by atoms with Crippen molar-refractivity contribution in [2.24, 2.45) is 5.10 Å². The van der Waals surface area contributed by atoms with Crippen molar-refractivity contribution in [3.05, 3.63) is 99.7 Å². The first kappa shape index (κ1) is 32.3. The Labute approximate surface area is 266 Å². The average Bonchev–Trinajstić information content (AvgIpc) is 2.99. The highest BCUT2D eigenvalue weighted by Crippen LogP contribution is 2.34. The van der Waals surface area contributed by atoms with Crippen LogP contribution >= 0.6 is 23.8 Å². The van der Waals surface area contributed by atoms with Gasteiger partial charge in [0.25, 0.3) is 5.91 Å². The molecule has 0 spiro atoms. The summed E-state index contributed by atoms with van der Waals surface area (Å²) in [5.74, 6) is 0.557. The van der Waals surface area contributed by atoms with Crippen LogP contribution in [0.1, 0.15) is 43.5 Å². The van der Waals surface area contributed by atoms with E-state index in [0.29, 0.717) is 63.0 Å². The molecule has 0 unspecified atom stereocenters. The summed E-state index contributed by atoms with van der Waals surface area (Å²) in [7, 11) is 0. The molecule has 0 fully saturated rings. The number of thiocarbonyl (C=S) groups is 1. The van der Waals surface area contributed by atoms with E-state index in [1.807, 2.05) is 31.2 Å². The van der Waals surface area contributed by atoms with Crippen LogP contribution in [0.15, 0.2) is 83.1 Å². The minimum atomic E-state index is -0.628. The zero-order chi connectivity index (χ0) is 31.5. The molecule has 0 saturated carbocycles. The topological polar surface area (TPSA) is 120 Å². The van der Waals surface area contributed by atoms with Gasteiger partial charge in [-0.2, -0.15) is 5.10 Å². The van der Waals surface area contributed by atoms with Crippen LogP contribution in [-0.4, -0.2) is 43.0 Å². The predicted molar refractivity (Wildman–Crippen MR) is 172 cm³/mol. The second-order valence-corrected chi connectivity index (χ2v) is 10.3. The molecule has 230 valence electrons. The Morgan fingerprint density at radius 2 is 1.80 bits per heavy atom. The highest BCUT2D eigenvalue weighted by molar-refractivity contribution is 7.80. The van der Waals surface area contributed by atoms with Gasteiger partial charge < -0.3 is 29.6 Å². The van der Waals surface area contributed by atoms with E-state index in [4.69, 9.17) is 42.8 Å². The molecule has 1 aliphatic heterocycles. The lowest BCUT2D eigenvalue weighted by Gasteiger charge is -2.30. The third kappa shape index (κ3) is 8.71. The van der Waals surface area contributed by atoms with Crippen LogP contribution in [0, 0.1) is 0 Å². The number of hydrogen-bond donors (Lipinski definition) is 3. The lowest BCUT2D eigenvalue weighted by Crippen LogP contribution is -2.45. The van der Waals surface area contributed by atoms with Crippen molar-refractivity contribution in [3.8, 4) is 17.2 Å². The normalized spacial score (nSPS) is 14.5. The first-order valence-electron chi connectivity index (χ1n) is 13.9. The van der Waals surface area contributed by atoms with Gasteiger partial charge in [0.05, 0.1) is 31.0 Å². The summed E-state index contributed by atoms with van der Waals surface area (Å²) in [6, 6.07) is 19.2. The molecule has 1 atom stereocenters. The third-order valence-corrected chi connectivity index (χ3v) is 6.76. The molecule has 1 amide bonds. The Kier molecular flexibility index (Phi) is 11.6. The number of para-hydroxylation sites is 1. The number of rotatable bonds is 13. The highest BCUT2D eigenvalue weighted by atomic mass is 35.5. The Hall–Kier alpha value is -4.61. The fourth-order valence-electron chi connectivity index (χ4n) is 4.39. The van der Waals surface area contributed by atoms with E-state index >= 15 is 0 Å². The van der Waals surface area contributed by atoms with Gasteiger partial charge in [-0.25, -0.2) is 10.2 Å². The fraction of sp³-hybridized carbons (Fsp3) is 0.250. The van der Waals surface area contributed by atoms with Crippen molar-refractivity contribution in [3.63, 3.8) is 0 Å². The lowest BCUT2D eigenvalue weighted by molar-refractivity contribution is -0.139. The smallest absolute Gasteiger partial charge is 0.338 e. The Morgan fingerprint density at radius 1 is 0.977 bits per heavy atom. The number of carbonyl (C=O) groups excluding carboxylic acids is 2. The minimum Gasteiger partial charge on any atom is -0.490 e. The van der Waals surface area contributed by atoms with Gasteiger partial charge in [-0.3, -0.25) is 4.79 Å². The van der Waals surface area contributed by atoms with Crippen LogP contribution < -0.4 is 30.3 Å². The van der Waals surface area contributed by atoms with Crippen molar-refractivity contribution < 1.29 is 28.5 Å². The van der Waals surface area contributed by atoms with Crippen molar-refractivity contribution >= 4 is 47.0 Å². The van der Waals surface area contributed by atoms with E-state index in [2.05, 4.69) is 21.2 Å². The molecule has 3 N–H and O–H groups in total. The van der Waals surface area contributed by atoms with Gasteiger partial charge in [-0.1, -0.05) is 41.9 Å². The number of esters is 1. The molecule has 3 aromatic carbocycles. The van der Waals surface area contributed by atoms with Crippen LogP contribution in [0.4, 0.5) is 0 Å². The number of carbonyl (C=O) groups is 2. The maximum atomic E-state index is 12.7. The van der Waals surface area contributed by atoms with Gasteiger partial charge in [0.2, 0.25) is 0 Å². The zero-order valence-electron chi connectivity index (χ0n) is 24.5. The molecule has 0 saturated heterocycles. The fourth-order valence-corrected chi connectivity index (χ4v) is 4.88. The summed E-state index contributed by atoms with van der Waals surface area (Å²) in [5.41, 5.74) is 5.66. The van der Waals surface area contributed by atoms with Gasteiger partial charge in [0, 0.05) is 16.3 Å². The molecule has 4 rings (SSSR count). The average molecular weight is 637 g/mol. The monoisotopic (exact) mass is 636 g/mol. The van der Waals surface area contributed by atoms with Crippen molar-refractivity contribution in [1.82, 2.24) is 16.1 Å². The van der Waals surface area contributed by atoms with E-state index in [-0.39, 0.29) is 13.2 Å². The van der Waals surface area contributed by atoms with Gasteiger partial charge in [0.15, 0.2) is 23.2 Å². The van der Waals surface area contributed by atoms with Gasteiger partial charge in [0.1, 0.15) is 12.4 Å². The van der Waals surface area contributed by atoms with E-state index < -0.39 is 17.9 Å². The maximum absolute atomic E-state index is 12.7. The second-order valence-electron chi connectivity index (χ2n) is 9.47. The van der Waals surface area contributed by atoms with Crippen LogP contribution in [0.5, 0.6) is 17.2 Å². The third-order valence-electron chi connectivity index (χ3n) is 6.31.